The summed E-state index contributed by atoms with van der Waals surface area (Å²) < 4.78 is 27.0. The Bertz CT molecular complexity index is 1230. The smallest absolute Gasteiger partial charge is 0.264 e. The Balaban J connectivity index is 1.41. The molecule has 8 heteroatoms. The molecule has 1 aliphatic heterocycles. The molecule has 0 atom stereocenters. The van der Waals surface area contributed by atoms with Gasteiger partial charge in [0.15, 0.2) is 5.82 Å². The zero-order valence-electron chi connectivity index (χ0n) is 17.1. The van der Waals surface area contributed by atoms with Crippen LogP contribution in [0.2, 0.25) is 0 Å². The monoisotopic (exact) mass is 430 g/mol. The molecule has 0 unspecified atom stereocenters. The molecule has 2 N–H and O–H groups in total. The third kappa shape index (κ3) is 4.04. The van der Waals surface area contributed by atoms with Crippen molar-refractivity contribution in [3.8, 4) is 22.8 Å². The van der Waals surface area contributed by atoms with E-state index in [2.05, 4.69) is 30.6 Å². The average molecular weight is 430 g/mol. The molecule has 1 aromatic carbocycles. The predicted molar refractivity (Wildman–Crippen MR) is 118 cm³/mol. The van der Waals surface area contributed by atoms with E-state index in [0.29, 0.717) is 36.8 Å². The molecular weight excluding hydrogens is 410 g/mol. The van der Waals surface area contributed by atoms with Crippen LogP contribution in [0.4, 0.5) is 14.6 Å². The van der Waals surface area contributed by atoms with Crippen LogP contribution in [-0.4, -0.2) is 19.9 Å². The van der Waals surface area contributed by atoms with Crippen molar-refractivity contribution in [1.82, 2.24) is 25.3 Å². The molecule has 6 nitrogen and oxygen atoms in total. The Kier molecular flexibility index (Phi) is 5.51. The van der Waals surface area contributed by atoms with Crippen LogP contribution in [0.25, 0.3) is 22.8 Å². The number of halogens is 2. The van der Waals surface area contributed by atoms with E-state index >= 15 is 0 Å². The first-order valence-corrected chi connectivity index (χ1v) is 10.3. The Hall–Kier alpha value is -3.78. The maximum atomic E-state index is 13.5. The molecule has 0 spiro atoms. The molecule has 0 aliphatic carbocycles. The van der Waals surface area contributed by atoms with Crippen LogP contribution < -0.4 is 10.6 Å². The standard InChI is InChI=1S/C24H20F2N6/c25-22(26)16-5-1-2-6-17(16)24-31-21-14-27-13-18(21)23(32-24)30-12-15-8-9-20(29-11-15)19-7-3-4-10-28-19/h1-11,22,27H,12-14H2,(H,30,31,32). The lowest BCUT2D eigenvalue weighted by molar-refractivity contribution is 0.152. The first-order chi connectivity index (χ1) is 15.7. The summed E-state index contributed by atoms with van der Waals surface area (Å²) in [6, 6.07) is 16.0. The molecule has 32 heavy (non-hydrogen) atoms. The van der Waals surface area contributed by atoms with Gasteiger partial charge in [0.2, 0.25) is 0 Å². The van der Waals surface area contributed by atoms with Crippen LogP contribution in [0.15, 0.2) is 67.0 Å². The number of anilines is 1. The van der Waals surface area contributed by atoms with Crippen LogP contribution in [0, 0.1) is 0 Å². The quantitative estimate of drug-likeness (QED) is 0.460. The molecule has 0 saturated heterocycles. The highest BCUT2D eigenvalue weighted by Crippen LogP contribution is 2.32. The van der Waals surface area contributed by atoms with E-state index in [1.165, 1.54) is 6.07 Å². The van der Waals surface area contributed by atoms with Crippen LogP contribution in [-0.2, 0) is 19.6 Å². The van der Waals surface area contributed by atoms with Crippen LogP contribution in [0.3, 0.4) is 0 Å². The number of alkyl halides is 2. The molecule has 0 fully saturated rings. The molecule has 4 aromatic rings. The number of hydrogen-bond donors (Lipinski definition) is 2. The van der Waals surface area contributed by atoms with Crippen LogP contribution in [0.5, 0.6) is 0 Å². The molecule has 0 saturated carbocycles. The van der Waals surface area contributed by atoms with Gasteiger partial charge in [-0.05, 0) is 23.8 Å². The highest BCUT2D eigenvalue weighted by Gasteiger charge is 2.22. The molecule has 160 valence electrons. The number of nitrogens with one attached hydrogen (secondary N) is 2. The maximum absolute atomic E-state index is 13.5. The molecule has 3 aromatic heterocycles. The second-order valence-electron chi connectivity index (χ2n) is 7.43. The van der Waals surface area contributed by atoms with E-state index in [9.17, 15) is 8.78 Å². The van der Waals surface area contributed by atoms with Crippen molar-refractivity contribution in [2.24, 2.45) is 0 Å². The van der Waals surface area contributed by atoms with Gasteiger partial charge >= 0.3 is 0 Å². The largest absolute Gasteiger partial charge is 0.366 e. The summed E-state index contributed by atoms with van der Waals surface area (Å²) in [5.74, 6) is 0.947. The summed E-state index contributed by atoms with van der Waals surface area (Å²) in [5.41, 5.74) is 4.64. The molecule has 0 amide bonds. The van der Waals surface area contributed by atoms with Gasteiger partial charge in [-0.25, -0.2) is 18.7 Å². The summed E-state index contributed by atoms with van der Waals surface area (Å²) in [5, 5.41) is 6.60. The van der Waals surface area contributed by atoms with Gasteiger partial charge in [-0.3, -0.25) is 9.97 Å². The second kappa shape index (κ2) is 8.76. The van der Waals surface area contributed by atoms with Crippen molar-refractivity contribution in [2.75, 3.05) is 5.32 Å². The van der Waals surface area contributed by atoms with Gasteiger partial charge < -0.3 is 10.6 Å². The van der Waals surface area contributed by atoms with Gasteiger partial charge in [0.05, 0.1) is 17.1 Å². The van der Waals surface area contributed by atoms with E-state index in [-0.39, 0.29) is 5.56 Å². The normalized spacial score (nSPS) is 12.7. The van der Waals surface area contributed by atoms with Gasteiger partial charge in [0, 0.05) is 48.7 Å². The topological polar surface area (TPSA) is 75.6 Å². The van der Waals surface area contributed by atoms with Crippen LogP contribution in [0.1, 0.15) is 28.8 Å². The van der Waals surface area contributed by atoms with Gasteiger partial charge in [-0.2, -0.15) is 0 Å². The molecule has 1 aliphatic rings. The Morgan fingerprint density at radius 1 is 0.906 bits per heavy atom. The van der Waals surface area contributed by atoms with Crippen LogP contribution >= 0.6 is 0 Å². The molecule has 0 bridgehead atoms. The number of hydrogen-bond acceptors (Lipinski definition) is 6. The van der Waals surface area contributed by atoms with E-state index in [4.69, 9.17) is 0 Å². The average Bonchev–Trinajstić information content (AvgIpc) is 3.32. The minimum atomic E-state index is -2.60. The van der Waals surface area contributed by atoms with E-state index in [0.717, 1.165) is 28.2 Å². The molecule has 0 radical (unpaired) electrons. The Morgan fingerprint density at radius 3 is 2.53 bits per heavy atom. The fourth-order valence-corrected chi connectivity index (χ4v) is 3.71. The van der Waals surface area contributed by atoms with Crippen molar-refractivity contribution in [3.05, 3.63) is 89.4 Å². The zero-order valence-corrected chi connectivity index (χ0v) is 17.1. The van der Waals surface area contributed by atoms with Gasteiger partial charge in [0.25, 0.3) is 6.43 Å². The number of pyridine rings is 2. The van der Waals surface area contributed by atoms with Gasteiger partial charge in [-0.1, -0.05) is 36.4 Å². The zero-order chi connectivity index (χ0) is 21.9. The lowest BCUT2D eigenvalue weighted by atomic mass is 10.1. The Morgan fingerprint density at radius 2 is 1.75 bits per heavy atom. The van der Waals surface area contributed by atoms with E-state index < -0.39 is 6.43 Å². The Labute approximate surface area is 183 Å². The van der Waals surface area contributed by atoms with Crippen molar-refractivity contribution in [1.29, 1.82) is 0 Å². The first-order valence-electron chi connectivity index (χ1n) is 10.3. The van der Waals surface area contributed by atoms with Crippen molar-refractivity contribution < 1.29 is 8.78 Å². The summed E-state index contributed by atoms with van der Waals surface area (Å²) in [6.45, 7) is 1.71. The number of aromatic nitrogens is 4. The number of fused-ring (bicyclic) bond motifs is 1. The SMILES string of the molecule is FC(F)c1ccccc1-c1nc2c(c(NCc3ccc(-c4ccccn4)nc3)n1)CNC2. The number of rotatable bonds is 6. The number of benzene rings is 1. The van der Waals surface area contributed by atoms with E-state index in [1.54, 1.807) is 30.6 Å². The van der Waals surface area contributed by atoms with Crippen molar-refractivity contribution in [2.45, 2.75) is 26.1 Å². The third-order valence-corrected chi connectivity index (χ3v) is 5.34. The van der Waals surface area contributed by atoms with Crippen molar-refractivity contribution >= 4 is 5.82 Å². The van der Waals surface area contributed by atoms with E-state index in [1.807, 2.05) is 30.3 Å². The van der Waals surface area contributed by atoms with Gasteiger partial charge in [0.1, 0.15) is 5.82 Å². The molecular formula is C24H20F2N6. The lowest BCUT2D eigenvalue weighted by Gasteiger charge is -2.14. The lowest BCUT2D eigenvalue weighted by Crippen LogP contribution is -2.08. The summed E-state index contributed by atoms with van der Waals surface area (Å²) >= 11 is 0. The minimum absolute atomic E-state index is 0.0707. The second-order valence-corrected chi connectivity index (χ2v) is 7.43. The fraction of sp³-hybridized carbons (Fsp3) is 0.167. The molecule has 4 heterocycles. The first kappa shape index (κ1) is 20.1. The predicted octanol–water partition coefficient (Wildman–Crippen LogP) is 4.75. The maximum Gasteiger partial charge on any atom is 0.264 e. The number of nitrogens with zero attached hydrogens (tertiary/aromatic N) is 4. The highest BCUT2D eigenvalue weighted by molar-refractivity contribution is 5.64. The minimum Gasteiger partial charge on any atom is -0.366 e. The molecule has 5 rings (SSSR count). The fourth-order valence-electron chi connectivity index (χ4n) is 3.71. The van der Waals surface area contributed by atoms with Crippen molar-refractivity contribution in [3.63, 3.8) is 0 Å². The third-order valence-electron chi connectivity index (χ3n) is 5.34. The summed E-state index contributed by atoms with van der Waals surface area (Å²) in [4.78, 5) is 18.0. The van der Waals surface area contributed by atoms with Gasteiger partial charge in [-0.15, -0.1) is 0 Å². The summed E-state index contributed by atoms with van der Waals surface area (Å²) in [6.07, 6.45) is 0.935. The highest BCUT2D eigenvalue weighted by atomic mass is 19.3. The summed E-state index contributed by atoms with van der Waals surface area (Å²) in [7, 11) is 0.